The number of benzene rings is 1. The minimum Gasteiger partial charge on any atom is -0.334 e. The second kappa shape index (κ2) is 7.43. The minimum absolute atomic E-state index is 0.0176. The number of thiophene rings is 1. The lowest BCUT2D eigenvalue weighted by molar-refractivity contribution is 0.0409. The standard InChI is InChI=1S/C22H25N3O2S/c1-4-24-19(13-17-9-12-28-22(17)24)21(27)23-10-11-25(16(3)14-23)20(26)18-8-6-5-7-15(18)2/h5-9,12-13,16H,4,10-11,14H2,1-3H3/t16-/m1/s1. The summed E-state index contributed by atoms with van der Waals surface area (Å²) in [5.41, 5.74) is 2.48. The summed E-state index contributed by atoms with van der Waals surface area (Å²) in [4.78, 5) is 31.1. The Morgan fingerprint density at radius 3 is 2.64 bits per heavy atom. The lowest BCUT2D eigenvalue weighted by atomic mass is 10.1. The zero-order valence-electron chi connectivity index (χ0n) is 16.5. The highest BCUT2D eigenvalue weighted by Gasteiger charge is 2.32. The Bertz CT molecular complexity index is 1040. The first-order valence-corrected chi connectivity index (χ1v) is 10.6. The van der Waals surface area contributed by atoms with E-state index in [1.54, 1.807) is 11.3 Å². The van der Waals surface area contributed by atoms with Crippen LogP contribution in [0.5, 0.6) is 0 Å². The third-order valence-electron chi connectivity index (χ3n) is 5.59. The van der Waals surface area contributed by atoms with Crippen molar-refractivity contribution < 1.29 is 9.59 Å². The molecule has 3 heterocycles. The fourth-order valence-corrected chi connectivity index (χ4v) is 5.00. The van der Waals surface area contributed by atoms with Gasteiger partial charge in [0.1, 0.15) is 10.5 Å². The van der Waals surface area contributed by atoms with Crippen molar-refractivity contribution in [1.82, 2.24) is 14.4 Å². The molecule has 1 aromatic carbocycles. The Labute approximate surface area is 169 Å². The molecule has 1 atom stereocenters. The first-order chi connectivity index (χ1) is 13.5. The molecule has 1 fully saturated rings. The maximum atomic E-state index is 13.2. The first-order valence-electron chi connectivity index (χ1n) is 9.74. The van der Waals surface area contributed by atoms with Gasteiger partial charge >= 0.3 is 0 Å². The van der Waals surface area contributed by atoms with E-state index in [1.165, 1.54) is 0 Å². The van der Waals surface area contributed by atoms with Crippen LogP contribution in [-0.4, -0.2) is 51.9 Å². The Balaban J connectivity index is 1.52. The number of carbonyl (C=O) groups excluding carboxylic acids is 2. The predicted molar refractivity (Wildman–Crippen MR) is 113 cm³/mol. The van der Waals surface area contributed by atoms with Gasteiger partial charge in [0, 0.05) is 43.2 Å². The summed E-state index contributed by atoms with van der Waals surface area (Å²) in [5, 5.41) is 3.18. The molecule has 0 radical (unpaired) electrons. The predicted octanol–water partition coefficient (Wildman–Crippen LogP) is 4.02. The van der Waals surface area contributed by atoms with Crippen molar-refractivity contribution in [1.29, 1.82) is 0 Å². The van der Waals surface area contributed by atoms with Crippen molar-refractivity contribution >= 4 is 33.4 Å². The highest BCUT2D eigenvalue weighted by atomic mass is 32.1. The van der Waals surface area contributed by atoms with Gasteiger partial charge in [-0.3, -0.25) is 9.59 Å². The van der Waals surface area contributed by atoms with Crippen LogP contribution in [0, 0.1) is 6.92 Å². The lowest BCUT2D eigenvalue weighted by Crippen LogP contribution is -2.55. The average Bonchev–Trinajstić information content (AvgIpc) is 3.28. The molecule has 1 aliphatic rings. The van der Waals surface area contributed by atoms with E-state index in [0.29, 0.717) is 19.6 Å². The number of fused-ring (bicyclic) bond motifs is 1. The van der Waals surface area contributed by atoms with Crippen molar-refractivity contribution in [3.8, 4) is 0 Å². The molecule has 1 saturated heterocycles. The van der Waals surface area contributed by atoms with Crippen LogP contribution in [0.2, 0.25) is 0 Å². The van der Waals surface area contributed by atoms with Gasteiger partial charge in [-0.1, -0.05) is 18.2 Å². The van der Waals surface area contributed by atoms with E-state index in [2.05, 4.69) is 22.9 Å². The number of aromatic nitrogens is 1. The van der Waals surface area contributed by atoms with Crippen LogP contribution in [0.25, 0.3) is 10.2 Å². The van der Waals surface area contributed by atoms with Crippen molar-refractivity contribution in [3.63, 3.8) is 0 Å². The Hall–Kier alpha value is -2.60. The van der Waals surface area contributed by atoms with E-state index in [0.717, 1.165) is 33.6 Å². The highest BCUT2D eigenvalue weighted by Crippen LogP contribution is 2.27. The molecule has 0 bridgehead atoms. The van der Waals surface area contributed by atoms with Crippen LogP contribution in [0.3, 0.4) is 0 Å². The molecule has 0 spiro atoms. The summed E-state index contributed by atoms with van der Waals surface area (Å²) in [6, 6.07) is 11.7. The van der Waals surface area contributed by atoms with Crippen molar-refractivity contribution in [2.45, 2.75) is 33.4 Å². The van der Waals surface area contributed by atoms with Crippen molar-refractivity contribution in [3.05, 3.63) is 58.6 Å². The number of nitrogens with zero attached hydrogens (tertiary/aromatic N) is 3. The molecule has 146 valence electrons. The smallest absolute Gasteiger partial charge is 0.270 e. The van der Waals surface area contributed by atoms with Gasteiger partial charge in [0.15, 0.2) is 0 Å². The summed E-state index contributed by atoms with van der Waals surface area (Å²) >= 11 is 1.67. The summed E-state index contributed by atoms with van der Waals surface area (Å²) in [6.45, 7) is 8.49. The summed E-state index contributed by atoms with van der Waals surface area (Å²) in [6.07, 6.45) is 0. The largest absolute Gasteiger partial charge is 0.334 e. The Morgan fingerprint density at radius 2 is 1.93 bits per heavy atom. The second-order valence-electron chi connectivity index (χ2n) is 7.37. The van der Waals surface area contributed by atoms with E-state index < -0.39 is 0 Å². The van der Waals surface area contributed by atoms with E-state index in [4.69, 9.17) is 0 Å². The number of hydrogen-bond acceptors (Lipinski definition) is 3. The molecule has 6 heteroatoms. The molecule has 28 heavy (non-hydrogen) atoms. The molecule has 4 rings (SSSR count). The van der Waals surface area contributed by atoms with E-state index >= 15 is 0 Å². The molecular formula is C22H25N3O2S. The van der Waals surface area contributed by atoms with Gasteiger partial charge in [0.25, 0.3) is 11.8 Å². The molecule has 0 saturated carbocycles. The molecule has 0 aliphatic carbocycles. The van der Waals surface area contributed by atoms with E-state index in [-0.39, 0.29) is 17.9 Å². The van der Waals surface area contributed by atoms with Gasteiger partial charge in [-0.2, -0.15) is 0 Å². The van der Waals surface area contributed by atoms with Gasteiger partial charge < -0.3 is 14.4 Å². The normalized spacial score (nSPS) is 17.3. The highest BCUT2D eigenvalue weighted by molar-refractivity contribution is 7.16. The Kier molecular flexibility index (Phi) is 4.98. The number of piperazine rings is 1. The third-order valence-corrected chi connectivity index (χ3v) is 6.54. The van der Waals surface area contributed by atoms with Gasteiger partial charge in [-0.15, -0.1) is 11.3 Å². The number of hydrogen-bond donors (Lipinski definition) is 0. The lowest BCUT2D eigenvalue weighted by Gasteiger charge is -2.40. The number of amides is 2. The van der Waals surface area contributed by atoms with Crippen molar-refractivity contribution in [2.75, 3.05) is 19.6 Å². The SMILES string of the molecule is CCn1c(C(=O)N2CCN(C(=O)c3ccccc3C)[C@H](C)C2)cc2ccsc21. The number of carbonyl (C=O) groups is 2. The number of rotatable bonds is 3. The van der Waals surface area contributed by atoms with E-state index in [1.807, 2.05) is 54.0 Å². The van der Waals surface area contributed by atoms with Crippen LogP contribution in [0.15, 0.2) is 41.8 Å². The molecule has 1 aliphatic heterocycles. The fourth-order valence-electron chi connectivity index (χ4n) is 4.04. The second-order valence-corrected chi connectivity index (χ2v) is 8.26. The maximum absolute atomic E-state index is 13.2. The van der Waals surface area contributed by atoms with Crippen LogP contribution >= 0.6 is 11.3 Å². The van der Waals surface area contributed by atoms with Gasteiger partial charge in [0.05, 0.1) is 0 Å². The monoisotopic (exact) mass is 395 g/mol. The quantitative estimate of drug-likeness (QED) is 0.672. The number of aryl methyl sites for hydroxylation is 2. The molecule has 0 N–H and O–H groups in total. The summed E-state index contributed by atoms with van der Waals surface area (Å²) in [7, 11) is 0. The van der Waals surface area contributed by atoms with Crippen LogP contribution in [0.4, 0.5) is 0 Å². The maximum Gasteiger partial charge on any atom is 0.270 e. The molecule has 0 unspecified atom stereocenters. The van der Waals surface area contributed by atoms with E-state index in [9.17, 15) is 9.59 Å². The average molecular weight is 396 g/mol. The van der Waals surface area contributed by atoms with Crippen molar-refractivity contribution in [2.24, 2.45) is 0 Å². The molecular weight excluding hydrogens is 370 g/mol. The Morgan fingerprint density at radius 1 is 1.14 bits per heavy atom. The van der Waals surface area contributed by atoms with Gasteiger partial charge in [-0.05, 0) is 49.9 Å². The minimum atomic E-state index is -0.0176. The van der Waals surface area contributed by atoms with Gasteiger partial charge in [-0.25, -0.2) is 0 Å². The van der Waals surface area contributed by atoms with Gasteiger partial charge in [0.2, 0.25) is 0 Å². The van der Waals surface area contributed by atoms with Crippen LogP contribution in [-0.2, 0) is 6.54 Å². The topological polar surface area (TPSA) is 45.6 Å². The first kappa shape index (κ1) is 18.7. The summed E-state index contributed by atoms with van der Waals surface area (Å²) in [5.74, 6) is 0.107. The molecule has 2 amide bonds. The molecule has 2 aromatic heterocycles. The zero-order chi connectivity index (χ0) is 19.8. The van der Waals surface area contributed by atoms with Crippen LogP contribution < -0.4 is 0 Å². The molecule has 3 aromatic rings. The summed E-state index contributed by atoms with van der Waals surface area (Å²) < 4.78 is 2.10. The van der Waals surface area contributed by atoms with Crippen LogP contribution in [0.1, 0.15) is 40.3 Å². The third kappa shape index (κ3) is 3.11. The zero-order valence-corrected chi connectivity index (χ0v) is 17.3. The fraction of sp³-hybridized carbons (Fsp3) is 0.364. The molecule has 5 nitrogen and oxygen atoms in total.